The molecular weight excluding hydrogens is 413 g/mol. The molecule has 0 saturated heterocycles. The average molecular weight is 431 g/mol. The SMILES string of the molecule is COc1ccc(Cl)cc1NC(=O)CN(C)CC(=O)Nc1c(Cl)cccc1Cl. The van der Waals surface area contributed by atoms with Gasteiger partial charge in [-0.3, -0.25) is 14.5 Å². The van der Waals surface area contributed by atoms with Gasteiger partial charge in [0, 0.05) is 5.02 Å². The standard InChI is InChI=1S/C18H18Cl3N3O3/c1-24(10-17(26)23-18-12(20)4-3-5-13(18)21)9-16(25)22-14-8-11(19)6-7-15(14)27-2/h3-8H,9-10H2,1-2H3,(H,22,25)(H,23,26). The summed E-state index contributed by atoms with van der Waals surface area (Å²) in [4.78, 5) is 25.9. The maximum Gasteiger partial charge on any atom is 0.238 e. The molecule has 0 aliphatic carbocycles. The molecule has 0 aliphatic rings. The van der Waals surface area contributed by atoms with Gasteiger partial charge >= 0.3 is 0 Å². The van der Waals surface area contributed by atoms with E-state index < -0.39 is 0 Å². The Morgan fingerprint density at radius 1 is 1.00 bits per heavy atom. The number of halogens is 3. The van der Waals surface area contributed by atoms with E-state index in [0.717, 1.165) is 0 Å². The highest BCUT2D eigenvalue weighted by molar-refractivity contribution is 6.39. The first-order chi connectivity index (χ1) is 12.8. The third-order valence-electron chi connectivity index (χ3n) is 3.49. The summed E-state index contributed by atoms with van der Waals surface area (Å²) in [6, 6.07) is 9.83. The fourth-order valence-corrected chi connectivity index (χ4v) is 2.97. The van der Waals surface area contributed by atoms with Crippen molar-refractivity contribution in [2.24, 2.45) is 0 Å². The molecule has 0 atom stereocenters. The third-order valence-corrected chi connectivity index (χ3v) is 4.35. The number of nitrogens with one attached hydrogen (secondary N) is 2. The van der Waals surface area contributed by atoms with E-state index in [1.54, 1.807) is 48.3 Å². The number of ether oxygens (including phenoxy) is 1. The van der Waals surface area contributed by atoms with Gasteiger partial charge in [0.1, 0.15) is 5.75 Å². The molecule has 0 spiro atoms. The Balaban J connectivity index is 1.91. The molecule has 2 aromatic rings. The minimum atomic E-state index is -0.347. The smallest absolute Gasteiger partial charge is 0.238 e. The molecule has 9 heteroatoms. The summed E-state index contributed by atoms with van der Waals surface area (Å²) < 4.78 is 5.18. The monoisotopic (exact) mass is 429 g/mol. The van der Waals surface area contributed by atoms with Crippen LogP contribution >= 0.6 is 34.8 Å². The number of methoxy groups -OCH3 is 1. The lowest BCUT2D eigenvalue weighted by molar-refractivity contribution is -0.119. The molecule has 6 nitrogen and oxygen atoms in total. The highest BCUT2D eigenvalue weighted by atomic mass is 35.5. The average Bonchev–Trinajstić information content (AvgIpc) is 2.58. The molecule has 2 rings (SSSR count). The van der Waals surface area contributed by atoms with Gasteiger partial charge in [0.05, 0.1) is 41.6 Å². The van der Waals surface area contributed by atoms with Gasteiger partial charge in [0.2, 0.25) is 11.8 Å². The van der Waals surface area contributed by atoms with Gasteiger partial charge < -0.3 is 15.4 Å². The first-order valence-electron chi connectivity index (χ1n) is 7.86. The number of para-hydroxylation sites is 1. The van der Waals surface area contributed by atoms with Crippen LogP contribution in [-0.4, -0.2) is 44.0 Å². The number of hydrogen-bond acceptors (Lipinski definition) is 4. The molecule has 0 aromatic heterocycles. The molecule has 2 N–H and O–H groups in total. The van der Waals surface area contributed by atoms with E-state index in [2.05, 4.69) is 10.6 Å². The predicted octanol–water partition coefficient (Wildman–Crippen LogP) is 4.16. The van der Waals surface area contributed by atoms with Crippen LogP contribution in [0, 0.1) is 0 Å². The fraction of sp³-hybridized carbons (Fsp3) is 0.222. The van der Waals surface area contributed by atoms with E-state index in [1.165, 1.54) is 7.11 Å². The second-order valence-corrected chi connectivity index (χ2v) is 6.96. The number of nitrogens with zero attached hydrogens (tertiary/aromatic N) is 1. The molecule has 144 valence electrons. The Hall–Kier alpha value is -1.99. The number of amides is 2. The largest absolute Gasteiger partial charge is 0.495 e. The van der Waals surface area contributed by atoms with Crippen LogP contribution in [0.25, 0.3) is 0 Å². The molecule has 0 unspecified atom stereocenters. The Kier molecular flexibility index (Phi) is 7.74. The number of carbonyl (C=O) groups excluding carboxylic acids is 2. The maximum atomic E-state index is 12.2. The lowest BCUT2D eigenvalue weighted by Crippen LogP contribution is -2.36. The van der Waals surface area contributed by atoms with Crippen molar-refractivity contribution in [2.45, 2.75) is 0 Å². The van der Waals surface area contributed by atoms with Crippen LogP contribution in [0.1, 0.15) is 0 Å². The zero-order chi connectivity index (χ0) is 20.0. The van der Waals surface area contributed by atoms with E-state index in [1.807, 2.05) is 0 Å². The van der Waals surface area contributed by atoms with Gasteiger partial charge in [0.25, 0.3) is 0 Å². The second-order valence-electron chi connectivity index (χ2n) is 5.71. The number of rotatable bonds is 7. The lowest BCUT2D eigenvalue weighted by Gasteiger charge is -2.17. The van der Waals surface area contributed by atoms with E-state index in [4.69, 9.17) is 39.5 Å². The summed E-state index contributed by atoms with van der Waals surface area (Å²) >= 11 is 18.0. The summed E-state index contributed by atoms with van der Waals surface area (Å²) in [5.41, 5.74) is 0.794. The van der Waals surface area contributed by atoms with E-state index in [9.17, 15) is 9.59 Å². The van der Waals surface area contributed by atoms with Crippen LogP contribution in [0.3, 0.4) is 0 Å². The van der Waals surface area contributed by atoms with E-state index in [-0.39, 0.29) is 24.9 Å². The van der Waals surface area contributed by atoms with E-state index >= 15 is 0 Å². The summed E-state index contributed by atoms with van der Waals surface area (Å²) in [5, 5.41) is 6.50. The van der Waals surface area contributed by atoms with E-state index in [0.29, 0.717) is 32.2 Å². The molecular formula is C18H18Cl3N3O3. The first-order valence-corrected chi connectivity index (χ1v) is 8.99. The summed E-state index contributed by atoms with van der Waals surface area (Å²) in [5.74, 6) is -0.177. The molecule has 2 aromatic carbocycles. The van der Waals surface area contributed by atoms with Crippen molar-refractivity contribution >= 4 is 58.0 Å². The Morgan fingerprint density at radius 2 is 1.59 bits per heavy atom. The van der Waals surface area contributed by atoms with Crippen LogP contribution in [-0.2, 0) is 9.59 Å². The van der Waals surface area contributed by atoms with Crippen LogP contribution < -0.4 is 15.4 Å². The topological polar surface area (TPSA) is 70.7 Å². The minimum absolute atomic E-state index is 0.0145. The number of likely N-dealkylation sites (N-methyl/N-ethyl adjacent to an activating group) is 1. The van der Waals surface area contributed by atoms with Gasteiger partial charge in [-0.05, 0) is 37.4 Å². The van der Waals surface area contributed by atoms with Crippen LogP contribution in [0.4, 0.5) is 11.4 Å². The van der Waals surface area contributed by atoms with Crippen LogP contribution in [0.15, 0.2) is 36.4 Å². The van der Waals surface area contributed by atoms with Crippen molar-refractivity contribution in [3.8, 4) is 5.75 Å². The zero-order valence-electron chi connectivity index (χ0n) is 14.7. The predicted molar refractivity (Wildman–Crippen MR) is 109 cm³/mol. The molecule has 0 aliphatic heterocycles. The second kappa shape index (κ2) is 9.80. The van der Waals surface area contributed by atoms with Crippen molar-refractivity contribution < 1.29 is 14.3 Å². The van der Waals surface area contributed by atoms with Crippen molar-refractivity contribution in [3.63, 3.8) is 0 Å². The van der Waals surface area contributed by atoms with Crippen molar-refractivity contribution in [1.29, 1.82) is 0 Å². The summed E-state index contributed by atoms with van der Waals surface area (Å²) in [7, 11) is 3.14. The highest BCUT2D eigenvalue weighted by Gasteiger charge is 2.15. The van der Waals surface area contributed by atoms with Gasteiger partial charge in [-0.25, -0.2) is 0 Å². The molecule has 2 amide bonds. The van der Waals surface area contributed by atoms with Gasteiger partial charge in [-0.15, -0.1) is 0 Å². The molecule has 27 heavy (non-hydrogen) atoms. The fourth-order valence-electron chi connectivity index (χ4n) is 2.31. The number of anilines is 2. The Bertz CT molecular complexity index is 826. The minimum Gasteiger partial charge on any atom is -0.495 e. The Morgan fingerprint density at radius 3 is 2.19 bits per heavy atom. The maximum absolute atomic E-state index is 12.2. The molecule has 0 bridgehead atoms. The summed E-state index contributed by atoms with van der Waals surface area (Å²) in [6.07, 6.45) is 0. The number of benzene rings is 2. The molecule has 0 heterocycles. The summed E-state index contributed by atoms with van der Waals surface area (Å²) in [6.45, 7) is -0.0407. The van der Waals surface area contributed by atoms with Crippen molar-refractivity contribution in [2.75, 3.05) is 37.9 Å². The quantitative estimate of drug-likeness (QED) is 0.692. The van der Waals surface area contributed by atoms with Crippen LogP contribution in [0.2, 0.25) is 15.1 Å². The van der Waals surface area contributed by atoms with Gasteiger partial charge in [-0.1, -0.05) is 40.9 Å². The van der Waals surface area contributed by atoms with Gasteiger partial charge in [-0.2, -0.15) is 0 Å². The number of hydrogen-bond donors (Lipinski definition) is 2. The highest BCUT2D eigenvalue weighted by Crippen LogP contribution is 2.30. The van der Waals surface area contributed by atoms with Crippen molar-refractivity contribution in [3.05, 3.63) is 51.5 Å². The van der Waals surface area contributed by atoms with Gasteiger partial charge in [0.15, 0.2) is 0 Å². The number of carbonyl (C=O) groups is 2. The lowest BCUT2D eigenvalue weighted by atomic mass is 10.3. The normalized spacial score (nSPS) is 10.6. The first kappa shape index (κ1) is 21.3. The van der Waals surface area contributed by atoms with Crippen LogP contribution in [0.5, 0.6) is 5.75 Å². The molecule has 0 fully saturated rings. The zero-order valence-corrected chi connectivity index (χ0v) is 17.0. The van der Waals surface area contributed by atoms with Crippen molar-refractivity contribution in [1.82, 2.24) is 4.90 Å². The molecule has 0 saturated carbocycles. The molecule has 0 radical (unpaired) electrons. The Labute approximate surface area is 172 Å². The third kappa shape index (κ3) is 6.29.